The summed E-state index contributed by atoms with van der Waals surface area (Å²) >= 11 is 0. The molecule has 0 spiro atoms. The Kier molecular flexibility index (Phi) is 6.26. The zero-order chi connectivity index (χ0) is 22.4. The standard InChI is InChI=1S/C26H41NO4/c1-16(24(30)31-14-13-27-17(2)28)21-7-8-22-20-6-5-18-15-19(29)9-11-25(18,3)23(20)10-12-26(21,22)4/h16,18,20-23H,5-15H2,1-4H3,(H,27,28)/t16-,18-,20-,21+,22-,23-,25-,26+/m0/s1. The molecular formula is C26H41NO4. The lowest BCUT2D eigenvalue weighted by atomic mass is 9.44. The van der Waals surface area contributed by atoms with Gasteiger partial charge in [-0.1, -0.05) is 20.8 Å². The summed E-state index contributed by atoms with van der Waals surface area (Å²) in [6.45, 7) is 9.09. The summed E-state index contributed by atoms with van der Waals surface area (Å²) in [5.41, 5.74) is 0.551. The van der Waals surface area contributed by atoms with E-state index in [2.05, 4.69) is 26.1 Å². The largest absolute Gasteiger partial charge is 0.464 e. The summed E-state index contributed by atoms with van der Waals surface area (Å²) < 4.78 is 5.51. The van der Waals surface area contributed by atoms with Crippen molar-refractivity contribution in [3.8, 4) is 0 Å². The number of fused-ring (bicyclic) bond motifs is 5. The van der Waals surface area contributed by atoms with Crippen LogP contribution in [0.3, 0.4) is 0 Å². The van der Waals surface area contributed by atoms with Crippen LogP contribution in [0.2, 0.25) is 0 Å². The first-order valence-corrected chi connectivity index (χ1v) is 12.6. The third-order valence-corrected chi connectivity index (χ3v) is 10.3. The van der Waals surface area contributed by atoms with Crippen LogP contribution >= 0.6 is 0 Å². The number of rotatable bonds is 5. The SMILES string of the molecule is CC(=O)NCCOC(=O)[C@@H](C)[C@H]1CC[C@H]2[C@@H]3CC[C@H]4CC(=O)CC[C@]4(C)[C@H]3CC[C@]12C. The lowest BCUT2D eigenvalue weighted by molar-refractivity contribution is -0.155. The van der Waals surface area contributed by atoms with Gasteiger partial charge in [0.05, 0.1) is 12.5 Å². The molecule has 0 aromatic rings. The van der Waals surface area contributed by atoms with Crippen molar-refractivity contribution < 1.29 is 19.1 Å². The zero-order valence-electron chi connectivity index (χ0n) is 19.9. The van der Waals surface area contributed by atoms with Crippen LogP contribution < -0.4 is 5.32 Å². The molecule has 0 bridgehead atoms. The number of ether oxygens (including phenoxy) is 1. The summed E-state index contributed by atoms with van der Waals surface area (Å²) in [7, 11) is 0. The molecule has 0 unspecified atom stereocenters. The first-order valence-electron chi connectivity index (χ1n) is 12.6. The number of nitrogens with one attached hydrogen (secondary N) is 1. The number of ketones is 1. The Balaban J connectivity index is 1.43. The predicted molar refractivity (Wildman–Crippen MR) is 119 cm³/mol. The minimum Gasteiger partial charge on any atom is -0.464 e. The molecule has 1 N–H and O–H groups in total. The fourth-order valence-corrected chi connectivity index (χ4v) is 8.58. The first-order chi connectivity index (χ1) is 14.7. The van der Waals surface area contributed by atoms with Crippen molar-refractivity contribution in [1.29, 1.82) is 0 Å². The highest BCUT2D eigenvalue weighted by Gasteiger charge is 2.61. The van der Waals surface area contributed by atoms with Crippen molar-refractivity contribution in [3.63, 3.8) is 0 Å². The Bertz CT molecular complexity index is 735. The molecule has 31 heavy (non-hydrogen) atoms. The third-order valence-electron chi connectivity index (χ3n) is 10.3. The van der Waals surface area contributed by atoms with E-state index < -0.39 is 0 Å². The third kappa shape index (κ3) is 3.95. The summed E-state index contributed by atoms with van der Waals surface area (Å²) in [6.07, 6.45) is 9.94. The number of amides is 1. The molecule has 0 aromatic heterocycles. The quantitative estimate of drug-likeness (QED) is 0.513. The van der Waals surface area contributed by atoms with Crippen molar-refractivity contribution in [1.82, 2.24) is 5.32 Å². The Morgan fingerprint density at radius 2 is 1.81 bits per heavy atom. The maximum absolute atomic E-state index is 12.8. The van der Waals surface area contributed by atoms with Gasteiger partial charge in [0.15, 0.2) is 0 Å². The van der Waals surface area contributed by atoms with Gasteiger partial charge in [-0.15, -0.1) is 0 Å². The van der Waals surface area contributed by atoms with Gasteiger partial charge in [-0.25, -0.2) is 0 Å². The van der Waals surface area contributed by atoms with Crippen molar-refractivity contribution >= 4 is 17.7 Å². The number of Topliss-reactive ketones (excluding diaryl/α,β-unsaturated/α-hetero) is 1. The van der Waals surface area contributed by atoms with Crippen LogP contribution in [-0.4, -0.2) is 30.8 Å². The van der Waals surface area contributed by atoms with Crippen molar-refractivity contribution in [2.24, 2.45) is 46.3 Å². The number of hydrogen-bond donors (Lipinski definition) is 1. The monoisotopic (exact) mass is 431 g/mol. The highest BCUT2D eigenvalue weighted by Crippen LogP contribution is 2.68. The summed E-state index contributed by atoms with van der Waals surface area (Å²) in [5, 5.41) is 2.68. The lowest BCUT2D eigenvalue weighted by Gasteiger charge is -2.60. The normalized spacial score (nSPS) is 42.7. The highest BCUT2D eigenvalue weighted by molar-refractivity contribution is 5.79. The van der Waals surface area contributed by atoms with Crippen LogP contribution in [0.25, 0.3) is 0 Å². The van der Waals surface area contributed by atoms with Crippen LogP contribution in [0, 0.1) is 46.3 Å². The van der Waals surface area contributed by atoms with Gasteiger partial charge in [0.1, 0.15) is 12.4 Å². The van der Waals surface area contributed by atoms with Crippen LogP contribution in [0.15, 0.2) is 0 Å². The van der Waals surface area contributed by atoms with Gasteiger partial charge in [-0.2, -0.15) is 0 Å². The number of esters is 1. The molecule has 0 aliphatic heterocycles. The molecule has 0 heterocycles. The van der Waals surface area contributed by atoms with Crippen molar-refractivity contribution in [3.05, 3.63) is 0 Å². The molecule has 0 aromatic carbocycles. The van der Waals surface area contributed by atoms with E-state index in [0.29, 0.717) is 35.5 Å². The van der Waals surface area contributed by atoms with E-state index in [1.165, 1.54) is 39.0 Å². The minimum atomic E-state index is -0.110. The lowest BCUT2D eigenvalue weighted by Crippen LogP contribution is -2.54. The molecule has 174 valence electrons. The highest BCUT2D eigenvalue weighted by atomic mass is 16.5. The summed E-state index contributed by atoms with van der Waals surface area (Å²) in [4.78, 5) is 35.9. The molecule has 0 radical (unpaired) electrons. The van der Waals surface area contributed by atoms with Crippen molar-refractivity contribution in [2.75, 3.05) is 13.2 Å². The number of hydrogen-bond acceptors (Lipinski definition) is 4. The Labute approximate surface area is 187 Å². The minimum absolute atomic E-state index is 0.0943. The van der Waals surface area contributed by atoms with E-state index in [4.69, 9.17) is 4.74 Å². The van der Waals surface area contributed by atoms with Gasteiger partial charge in [-0.3, -0.25) is 14.4 Å². The second-order valence-corrected chi connectivity index (χ2v) is 11.6. The zero-order valence-corrected chi connectivity index (χ0v) is 19.9. The second kappa shape index (κ2) is 8.51. The van der Waals surface area contributed by atoms with Crippen LogP contribution in [0.5, 0.6) is 0 Å². The topological polar surface area (TPSA) is 72.5 Å². The molecule has 4 saturated carbocycles. The molecule has 0 saturated heterocycles. The van der Waals surface area contributed by atoms with Crippen LogP contribution in [0.4, 0.5) is 0 Å². The van der Waals surface area contributed by atoms with E-state index in [-0.39, 0.29) is 29.8 Å². The Hall–Kier alpha value is -1.39. The molecule has 4 aliphatic carbocycles. The van der Waals surface area contributed by atoms with Crippen LogP contribution in [-0.2, 0) is 19.1 Å². The van der Waals surface area contributed by atoms with Gasteiger partial charge < -0.3 is 10.1 Å². The summed E-state index contributed by atoms with van der Waals surface area (Å²) in [5.74, 6) is 3.34. The molecular weight excluding hydrogens is 390 g/mol. The molecule has 4 fully saturated rings. The van der Waals surface area contributed by atoms with Gasteiger partial charge in [0, 0.05) is 19.8 Å². The van der Waals surface area contributed by atoms with E-state index in [9.17, 15) is 14.4 Å². The Morgan fingerprint density at radius 3 is 2.55 bits per heavy atom. The molecule has 4 aliphatic rings. The second-order valence-electron chi connectivity index (χ2n) is 11.6. The Morgan fingerprint density at radius 1 is 1.06 bits per heavy atom. The fraction of sp³-hybridized carbons (Fsp3) is 0.885. The maximum Gasteiger partial charge on any atom is 0.309 e. The fourth-order valence-electron chi connectivity index (χ4n) is 8.58. The number of carbonyl (C=O) groups excluding carboxylic acids is 3. The molecule has 5 nitrogen and oxygen atoms in total. The van der Waals surface area contributed by atoms with E-state index in [0.717, 1.165) is 37.5 Å². The van der Waals surface area contributed by atoms with E-state index >= 15 is 0 Å². The number of carbonyl (C=O) groups is 3. The molecule has 4 rings (SSSR count). The molecule has 8 atom stereocenters. The average molecular weight is 432 g/mol. The summed E-state index contributed by atoms with van der Waals surface area (Å²) in [6, 6.07) is 0. The smallest absolute Gasteiger partial charge is 0.309 e. The first kappa shape index (κ1) is 22.8. The van der Waals surface area contributed by atoms with Gasteiger partial charge in [-0.05, 0) is 85.4 Å². The van der Waals surface area contributed by atoms with E-state index in [1.54, 1.807) is 0 Å². The maximum atomic E-state index is 12.8. The van der Waals surface area contributed by atoms with Crippen molar-refractivity contribution in [2.45, 2.75) is 85.5 Å². The van der Waals surface area contributed by atoms with Gasteiger partial charge in [0.2, 0.25) is 5.91 Å². The predicted octanol–water partition coefficient (Wildman–Crippen LogP) is 4.53. The molecule has 5 heteroatoms. The van der Waals surface area contributed by atoms with Gasteiger partial charge in [0.25, 0.3) is 0 Å². The average Bonchev–Trinajstić information content (AvgIpc) is 3.08. The molecule has 1 amide bonds. The van der Waals surface area contributed by atoms with Crippen LogP contribution in [0.1, 0.15) is 85.5 Å². The van der Waals surface area contributed by atoms with E-state index in [1.807, 2.05) is 0 Å². The van der Waals surface area contributed by atoms with Gasteiger partial charge >= 0.3 is 5.97 Å².